The predicted molar refractivity (Wildman–Crippen MR) is 72.3 cm³/mol. The van der Waals surface area contributed by atoms with Gasteiger partial charge in [-0.3, -0.25) is 4.79 Å². The molecule has 0 aliphatic heterocycles. The molecule has 1 amide bonds. The van der Waals surface area contributed by atoms with Crippen LogP contribution >= 0.6 is 0 Å². The number of carbonyl (C=O) groups excluding carboxylic acids is 1. The number of primary amides is 1. The van der Waals surface area contributed by atoms with Crippen molar-refractivity contribution in [2.24, 2.45) is 5.73 Å². The summed E-state index contributed by atoms with van der Waals surface area (Å²) >= 11 is 0. The first-order valence-electron chi connectivity index (χ1n) is 5.57. The van der Waals surface area contributed by atoms with Crippen LogP contribution in [0.5, 0.6) is 11.5 Å². The Hall–Kier alpha value is -2.63. The number of nitrogens with two attached hydrogens (primary N) is 2. The molecule has 2 aromatic rings. The zero-order chi connectivity index (χ0) is 14.0. The van der Waals surface area contributed by atoms with Gasteiger partial charge in [0.1, 0.15) is 17.3 Å². The van der Waals surface area contributed by atoms with Crippen LogP contribution in [-0.4, -0.2) is 25.1 Å². The standard InChI is InChI=1S/C13H15N3O3/c1-18-7-3-4-11(19-2)8(5-7)10-6-9(13(15)17)12(14)16-10/h3-6,16H,14H2,1-2H3,(H2,15,17). The molecule has 100 valence electrons. The Morgan fingerprint density at radius 1 is 1.21 bits per heavy atom. The molecule has 0 fully saturated rings. The van der Waals surface area contributed by atoms with E-state index in [-0.39, 0.29) is 11.4 Å². The van der Waals surface area contributed by atoms with Crippen molar-refractivity contribution >= 4 is 11.7 Å². The number of ether oxygens (including phenoxy) is 2. The molecule has 0 unspecified atom stereocenters. The molecule has 0 bridgehead atoms. The fourth-order valence-electron chi connectivity index (χ4n) is 1.84. The van der Waals surface area contributed by atoms with E-state index in [1.807, 2.05) is 0 Å². The van der Waals surface area contributed by atoms with Gasteiger partial charge in [-0.15, -0.1) is 0 Å². The molecule has 0 aliphatic carbocycles. The Kier molecular flexibility index (Phi) is 3.33. The van der Waals surface area contributed by atoms with E-state index in [1.165, 1.54) is 0 Å². The highest BCUT2D eigenvalue weighted by Crippen LogP contribution is 2.34. The Morgan fingerprint density at radius 3 is 2.47 bits per heavy atom. The van der Waals surface area contributed by atoms with Gasteiger partial charge < -0.3 is 25.9 Å². The van der Waals surface area contributed by atoms with Crippen LogP contribution in [0, 0.1) is 0 Å². The molecule has 0 aliphatic rings. The maximum Gasteiger partial charge on any atom is 0.252 e. The summed E-state index contributed by atoms with van der Waals surface area (Å²) in [6.45, 7) is 0. The van der Waals surface area contributed by atoms with Crippen molar-refractivity contribution in [2.75, 3.05) is 20.0 Å². The van der Waals surface area contributed by atoms with E-state index in [1.54, 1.807) is 38.5 Å². The molecule has 0 saturated carbocycles. The molecular formula is C13H15N3O3. The van der Waals surface area contributed by atoms with Crippen LogP contribution < -0.4 is 20.9 Å². The molecule has 0 spiro atoms. The Balaban J connectivity index is 2.57. The third-order valence-electron chi connectivity index (χ3n) is 2.81. The van der Waals surface area contributed by atoms with Crippen LogP contribution in [-0.2, 0) is 0 Å². The third kappa shape index (κ3) is 2.33. The zero-order valence-corrected chi connectivity index (χ0v) is 10.7. The summed E-state index contributed by atoms with van der Waals surface area (Å²) in [6.07, 6.45) is 0. The van der Waals surface area contributed by atoms with Crippen molar-refractivity contribution in [3.05, 3.63) is 29.8 Å². The first-order chi connectivity index (χ1) is 9.06. The second kappa shape index (κ2) is 4.93. The molecule has 2 rings (SSSR count). The van der Waals surface area contributed by atoms with Crippen LogP contribution in [0.3, 0.4) is 0 Å². The summed E-state index contributed by atoms with van der Waals surface area (Å²) in [7, 11) is 3.14. The monoisotopic (exact) mass is 261 g/mol. The molecule has 0 atom stereocenters. The number of aromatic nitrogens is 1. The first-order valence-corrected chi connectivity index (χ1v) is 5.57. The van der Waals surface area contributed by atoms with Gasteiger partial charge in [-0.05, 0) is 24.3 Å². The molecule has 0 saturated heterocycles. The van der Waals surface area contributed by atoms with Gasteiger partial charge in [0, 0.05) is 5.56 Å². The van der Waals surface area contributed by atoms with Crippen LogP contribution in [0.15, 0.2) is 24.3 Å². The van der Waals surface area contributed by atoms with Crippen molar-refractivity contribution in [1.29, 1.82) is 0 Å². The van der Waals surface area contributed by atoms with Gasteiger partial charge in [0.15, 0.2) is 0 Å². The van der Waals surface area contributed by atoms with Crippen molar-refractivity contribution in [1.82, 2.24) is 4.98 Å². The molecule has 6 heteroatoms. The largest absolute Gasteiger partial charge is 0.497 e. The number of carbonyl (C=O) groups is 1. The van der Waals surface area contributed by atoms with E-state index in [4.69, 9.17) is 20.9 Å². The molecule has 6 nitrogen and oxygen atoms in total. The second-order valence-electron chi connectivity index (χ2n) is 3.94. The number of aromatic amines is 1. The summed E-state index contributed by atoms with van der Waals surface area (Å²) < 4.78 is 10.4. The van der Waals surface area contributed by atoms with Crippen LogP contribution in [0.2, 0.25) is 0 Å². The number of nitrogen functional groups attached to an aromatic ring is 1. The van der Waals surface area contributed by atoms with Crippen LogP contribution in [0.4, 0.5) is 5.82 Å². The molecular weight excluding hydrogens is 246 g/mol. The maximum atomic E-state index is 11.2. The van der Waals surface area contributed by atoms with E-state index >= 15 is 0 Å². The van der Waals surface area contributed by atoms with Gasteiger partial charge in [0.25, 0.3) is 5.91 Å². The highest BCUT2D eigenvalue weighted by Gasteiger charge is 2.15. The lowest BCUT2D eigenvalue weighted by molar-refractivity contribution is 0.100. The molecule has 1 aromatic carbocycles. The van der Waals surface area contributed by atoms with Gasteiger partial charge in [-0.1, -0.05) is 0 Å². The molecule has 19 heavy (non-hydrogen) atoms. The van der Waals surface area contributed by atoms with E-state index < -0.39 is 5.91 Å². The van der Waals surface area contributed by atoms with Crippen molar-refractivity contribution in [3.63, 3.8) is 0 Å². The van der Waals surface area contributed by atoms with Crippen LogP contribution in [0.25, 0.3) is 11.3 Å². The molecule has 1 aromatic heterocycles. The average Bonchev–Trinajstić information content (AvgIpc) is 2.80. The van der Waals surface area contributed by atoms with Gasteiger partial charge >= 0.3 is 0 Å². The summed E-state index contributed by atoms with van der Waals surface area (Å²) in [6, 6.07) is 6.93. The van der Waals surface area contributed by atoms with E-state index in [0.717, 1.165) is 5.56 Å². The number of methoxy groups -OCH3 is 2. The van der Waals surface area contributed by atoms with Gasteiger partial charge in [0.2, 0.25) is 0 Å². The number of rotatable bonds is 4. The lowest BCUT2D eigenvalue weighted by Crippen LogP contribution is -2.11. The Bertz CT molecular complexity index is 620. The topological polar surface area (TPSA) is 103 Å². The quantitative estimate of drug-likeness (QED) is 0.773. The highest BCUT2D eigenvalue weighted by molar-refractivity contribution is 5.99. The highest BCUT2D eigenvalue weighted by atomic mass is 16.5. The number of H-pyrrole nitrogens is 1. The fraction of sp³-hybridized carbons (Fsp3) is 0.154. The van der Waals surface area contributed by atoms with Gasteiger partial charge in [0.05, 0.1) is 25.5 Å². The molecule has 5 N–H and O–H groups in total. The van der Waals surface area contributed by atoms with Crippen molar-refractivity contribution in [2.45, 2.75) is 0 Å². The number of hydrogen-bond donors (Lipinski definition) is 3. The SMILES string of the molecule is COc1ccc(OC)c(-c2cc(C(N)=O)c(N)[nH]2)c1. The summed E-state index contributed by atoms with van der Waals surface area (Å²) in [5.74, 6) is 0.955. The zero-order valence-electron chi connectivity index (χ0n) is 10.7. The number of benzene rings is 1. The molecule has 1 heterocycles. The average molecular weight is 261 g/mol. The lowest BCUT2D eigenvalue weighted by Gasteiger charge is -2.09. The smallest absolute Gasteiger partial charge is 0.252 e. The van der Waals surface area contributed by atoms with E-state index in [0.29, 0.717) is 17.2 Å². The third-order valence-corrected chi connectivity index (χ3v) is 2.81. The summed E-state index contributed by atoms with van der Waals surface area (Å²) in [5, 5.41) is 0. The number of hydrogen-bond acceptors (Lipinski definition) is 4. The molecule has 0 radical (unpaired) electrons. The van der Waals surface area contributed by atoms with E-state index in [2.05, 4.69) is 4.98 Å². The number of anilines is 1. The van der Waals surface area contributed by atoms with Gasteiger partial charge in [-0.25, -0.2) is 0 Å². The lowest BCUT2D eigenvalue weighted by atomic mass is 10.1. The minimum atomic E-state index is -0.582. The normalized spacial score (nSPS) is 10.2. The van der Waals surface area contributed by atoms with Crippen LogP contribution in [0.1, 0.15) is 10.4 Å². The van der Waals surface area contributed by atoms with Crippen molar-refractivity contribution in [3.8, 4) is 22.8 Å². The number of nitrogens with one attached hydrogen (secondary N) is 1. The Morgan fingerprint density at radius 2 is 1.95 bits per heavy atom. The number of amides is 1. The minimum Gasteiger partial charge on any atom is -0.497 e. The maximum absolute atomic E-state index is 11.2. The summed E-state index contributed by atoms with van der Waals surface area (Å²) in [5.41, 5.74) is 12.6. The Labute approximate surface area is 110 Å². The van der Waals surface area contributed by atoms with Crippen molar-refractivity contribution < 1.29 is 14.3 Å². The second-order valence-corrected chi connectivity index (χ2v) is 3.94. The van der Waals surface area contributed by atoms with Gasteiger partial charge in [-0.2, -0.15) is 0 Å². The summed E-state index contributed by atoms with van der Waals surface area (Å²) in [4.78, 5) is 14.1. The predicted octanol–water partition coefficient (Wildman–Crippen LogP) is 1.38. The minimum absolute atomic E-state index is 0.229. The first kappa shape index (κ1) is 12.8. The van der Waals surface area contributed by atoms with E-state index in [9.17, 15) is 4.79 Å². The fourth-order valence-corrected chi connectivity index (χ4v) is 1.84.